The highest BCUT2D eigenvalue weighted by atomic mass is 16.6. The van der Waals surface area contributed by atoms with E-state index >= 15 is 0 Å². The number of unbranched alkanes of at least 4 members (excludes halogenated alkanes) is 2. The number of ether oxygens (including phenoxy) is 1. The second-order valence-electron chi connectivity index (χ2n) is 5.64. The van der Waals surface area contributed by atoms with Crippen LogP contribution in [0.25, 0.3) is 16.5 Å². The summed E-state index contributed by atoms with van der Waals surface area (Å²) >= 11 is 0. The van der Waals surface area contributed by atoms with Crippen LogP contribution in [0.15, 0.2) is 35.0 Å². The summed E-state index contributed by atoms with van der Waals surface area (Å²) in [5.74, 6) is -1.27. The number of nitrogens with zero attached hydrogens (tertiary/aromatic N) is 5. The van der Waals surface area contributed by atoms with Crippen molar-refractivity contribution in [2.45, 2.75) is 32.1 Å². The average Bonchev–Trinajstić information content (AvgIpc) is 2.69. The van der Waals surface area contributed by atoms with Crippen molar-refractivity contribution in [3.63, 3.8) is 0 Å². The molecule has 1 aromatic rings. The van der Waals surface area contributed by atoms with Crippen molar-refractivity contribution >= 4 is 23.5 Å². The Hall–Kier alpha value is -3.70. The Morgan fingerprint density at radius 1 is 1.29 bits per heavy atom. The molecule has 0 aliphatic carbocycles. The molecule has 0 saturated heterocycles. The van der Waals surface area contributed by atoms with Gasteiger partial charge >= 0.3 is 5.97 Å². The Labute approximate surface area is 161 Å². The van der Waals surface area contributed by atoms with E-state index in [9.17, 15) is 19.7 Å². The highest BCUT2D eigenvalue weighted by Gasteiger charge is 2.19. The Kier molecular flexibility index (Phi) is 10.1. The fourth-order valence-corrected chi connectivity index (χ4v) is 2.20. The SMILES string of the molecule is N#CCCOC(=O)C(=Cc1ccc([N+](=O)[O-])cc1)C(=O)CCCCCN=[N+]=[N-]. The number of benzene rings is 1. The molecule has 28 heavy (non-hydrogen) atoms. The monoisotopic (exact) mass is 385 g/mol. The molecule has 10 heteroatoms. The number of carbonyl (C=O) groups excluding carboxylic acids is 2. The van der Waals surface area contributed by atoms with Crippen LogP contribution >= 0.6 is 0 Å². The molecule has 0 N–H and O–H groups in total. The molecule has 10 nitrogen and oxygen atoms in total. The summed E-state index contributed by atoms with van der Waals surface area (Å²) < 4.78 is 4.95. The maximum Gasteiger partial charge on any atom is 0.341 e. The number of carbonyl (C=O) groups is 2. The third-order valence-corrected chi connectivity index (χ3v) is 3.61. The zero-order valence-electron chi connectivity index (χ0n) is 15.1. The normalized spacial score (nSPS) is 10.5. The second-order valence-corrected chi connectivity index (χ2v) is 5.64. The molecule has 1 rings (SSSR count). The van der Waals surface area contributed by atoms with Crippen LogP contribution in [0, 0.1) is 21.4 Å². The molecule has 0 aliphatic heterocycles. The number of Topliss-reactive ketones (excluding diaryl/α,β-unsaturated/α-hetero) is 1. The molecule has 0 radical (unpaired) electrons. The van der Waals surface area contributed by atoms with Crippen LogP contribution < -0.4 is 0 Å². The maximum atomic E-state index is 12.5. The van der Waals surface area contributed by atoms with Gasteiger partial charge in [0.1, 0.15) is 12.2 Å². The number of azide groups is 1. The highest BCUT2D eigenvalue weighted by Crippen LogP contribution is 2.17. The first kappa shape index (κ1) is 22.3. The van der Waals surface area contributed by atoms with Crippen molar-refractivity contribution in [3.8, 4) is 6.07 Å². The molecule has 0 unspecified atom stereocenters. The lowest BCUT2D eigenvalue weighted by Gasteiger charge is -2.07. The van der Waals surface area contributed by atoms with Crippen LogP contribution in [-0.4, -0.2) is 29.8 Å². The van der Waals surface area contributed by atoms with Crippen LogP contribution in [0.4, 0.5) is 5.69 Å². The Morgan fingerprint density at radius 3 is 2.61 bits per heavy atom. The quantitative estimate of drug-likeness (QED) is 0.0507. The van der Waals surface area contributed by atoms with E-state index in [0.29, 0.717) is 31.4 Å². The first-order valence-corrected chi connectivity index (χ1v) is 8.54. The number of rotatable bonds is 12. The summed E-state index contributed by atoms with van der Waals surface area (Å²) in [6, 6.07) is 7.22. The number of non-ortho nitro benzene ring substituents is 1. The van der Waals surface area contributed by atoms with Crippen LogP contribution in [0.2, 0.25) is 0 Å². The Balaban J connectivity index is 2.86. The topological polar surface area (TPSA) is 159 Å². The third-order valence-electron chi connectivity index (χ3n) is 3.61. The van der Waals surface area contributed by atoms with E-state index in [0.717, 1.165) is 0 Å². The van der Waals surface area contributed by atoms with Crippen molar-refractivity contribution in [1.29, 1.82) is 5.26 Å². The van der Waals surface area contributed by atoms with Crippen molar-refractivity contribution in [2.75, 3.05) is 13.2 Å². The van der Waals surface area contributed by atoms with Crippen LogP contribution in [0.1, 0.15) is 37.7 Å². The van der Waals surface area contributed by atoms with E-state index in [2.05, 4.69) is 10.0 Å². The first-order chi connectivity index (χ1) is 13.5. The predicted molar refractivity (Wildman–Crippen MR) is 99.8 cm³/mol. The summed E-state index contributed by atoms with van der Waals surface area (Å²) in [5, 5.41) is 22.7. The number of hydrogen-bond acceptors (Lipinski definition) is 7. The lowest BCUT2D eigenvalue weighted by Crippen LogP contribution is -2.16. The van der Waals surface area contributed by atoms with Gasteiger partial charge in [-0.1, -0.05) is 11.5 Å². The number of nitriles is 1. The van der Waals surface area contributed by atoms with Gasteiger partial charge in [0.2, 0.25) is 0 Å². The summed E-state index contributed by atoms with van der Waals surface area (Å²) in [5.41, 5.74) is 8.36. The van der Waals surface area contributed by atoms with E-state index in [1.807, 2.05) is 6.07 Å². The average molecular weight is 385 g/mol. The maximum absolute atomic E-state index is 12.5. The zero-order chi connectivity index (χ0) is 20.8. The molecule has 0 heterocycles. The van der Waals surface area contributed by atoms with E-state index in [1.165, 1.54) is 30.3 Å². The molecule has 0 bridgehead atoms. The lowest BCUT2D eigenvalue weighted by molar-refractivity contribution is -0.384. The molecule has 0 atom stereocenters. The van der Waals surface area contributed by atoms with Crippen LogP contribution in [-0.2, 0) is 14.3 Å². The number of ketones is 1. The summed E-state index contributed by atoms with van der Waals surface area (Å²) in [4.78, 5) is 37.5. The minimum absolute atomic E-state index is 0.00412. The fraction of sp³-hybridized carbons (Fsp3) is 0.389. The van der Waals surface area contributed by atoms with Crippen molar-refractivity contribution in [1.82, 2.24) is 0 Å². The number of esters is 1. The molecule has 0 amide bonds. The number of nitro groups is 1. The zero-order valence-corrected chi connectivity index (χ0v) is 15.1. The van der Waals surface area contributed by atoms with E-state index < -0.39 is 16.7 Å². The predicted octanol–water partition coefficient (Wildman–Crippen LogP) is 3.87. The van der Waals surface area contributed by atoms with E-state index in [1.54, 1.807) is 0 Å². The molecular formula is C18H19N5O5. The van der Waals surface area contributed by atoms with Gasteiger partial charge in [-0.2, -0.15) is 5.26 Å². The minimum Gasteiger partial charge on any atom is -0.461 e. The molecule has 0 aromatic heterocycles. The summed E-state index contributed by atoms with van der Waals surface area (Å²) in [6.45, 7) is 0.207. The van der Waals surface area contributed by atoms with Gasteiger partial charge in [-0.05, 0) is 42.1 Å². The van der Waals surface area contributed by atoms with Gasteiger partial charge < -0.3 is 4.74 Å². The van der Waals surface area contributed by atoms with Gasteiger partial charge in [-0.15, -0.1) is 0 Å². The lowest BCUT2D eigenvalue weighted by atomic mass is 10.0. The largest absolute Gasteiger partial charge is 0.461 e. The number of nitro benzene ring substituents is 1. The fourth-order valence-electron chi connectivity index (χ4n) is 2.20. The second kappa shape index (κ2) is 12.6. The first-order valence-electron chi connectivity index (χ1n) is 8.54. The minimum atomic E-state index is -0.840. The molecule has 0 saturated carbocycles. The van der Waals surface area contributed by atoms with Gasteiger partial charge in [0.15, 0.2) is 5.78 Å². The van der Waals surface area contributed by atoms with Gasteiger partial charge in [0.25, 0.3) is 5.69 Å². The number of hydrogen-bond donors (Lipinski definition) is 0. The summed E-state index contributed by atoms with van der Waals surface area (Å²) in [7, 11) is 0. The van der Waals surface area contributed by atoms with Crippen LogP contribution in [0.5, 0.6) is 0 Å². The third kappa shape index (κ3) is 8.12. The molecule has 146 valence electrons. The van der Waals surface area contributed by atoms with Crippen molar-refractivity contribution in [3.05, 3.63) is 56.0 Å². The van der Waals surface area contributed by atoms with Gasteiger partial charge in [0, 0.05) is 30.0 Å². The highest BCUT2D eigenvalue weighted by molar-refractivity contribution is 6.20. The molecular weight excluding hydrogens is 366 g/mol. The van der Waals surface area contributed by atoms with E-state index in [-0.39, 0.29) is 30.7 Å². The van der Waals surface area contributed by atoms with E-state index in [4.69, 9.17) is 15.5 Å². The van der Waals surface area contributed by atoms with Crippen LogP contribution in [0.3, 0.4) is 0 Å². The molecule has 0 aliphatic rings. The standard InChI is InChI=1S/C18H19N5O5/c19-10-4-12-28-18(25)16(17(24)5-2-1-3-11-21-22-20)13-14-6-8-15(9-7-14)23(26)27/h6-9,13H,1-5,11-12H2. The molecule has 0 fully saturated rings. The Bertz CT molecular complexity index is 820. The summed E-state index contributed by atoms with van der Waals surface area (Å²) in [6.07, 6.45) is 3.21. The Morgan fingerprint density at radius 2 is 2.00 bits per heavy atom. The van der Waals surface area contributed by atoms with Crippen molar-refractivity contribution < 1.29 is 19.2 Å². The molecule has 1 aromatic carbocycles. The van der Waals surface area contributed by atoms with Gasteiger partial charge in [-0.25, -0.2) is 4.79 Å². The van der Waals surface area contributed by atoms with Gasteiger partial charge in [-0.3, -0.25) is 14.9 Å². The van der Waals surface area contributed by atoms with Gasteiger partial charge in [0.05, 0.1) is 17.4 Å². The smallest absolute Gasteiger partial charge is 0.341 e. The molecule has 0 spiro atoms. The van der Waals surface area contributed by atoms with Crippen molar-refractivity contribution in [2.24, 2.45) is 5.11 Å².